The molecule has 0 saturated carbocycles. The second-order valence-corrected chi connectivity index (χ2v) is 3.42. The third kappa shape index (κ3) is 4.85. The SMILES string of the molecule is C/C=C\C(=C/C)NC(=O)C(C)CCC. The largest absolute Gasteiger partial charge is 0.326 e. The maximum Gasteiger partial charge on any atom is 0.227 e. The summed E-state index contributed by atoms with van der Waals surface area (Å²) in [4.78, 5) is 11.6. The smallest absolute Gasteiger partial charge is 0.227 e. The molecule has 1 N–H and O–H groups in total. The highest BCUT2D eigenvalue weighted by atomic mass is 16.1. The predicted molar refractivity (Wildman–Crippen MR) is 60.8 cm³/mol. The Hall–Kier alpha value is -1.05. The molecule has 1 unspecified atom stereocenters. The molecule has 0 aromatic heterocycles. The number of amides is 1. The molecular weight excluding hydrogens is 174 g/mol. The van der Waals surface area contributed by atoms with Gasteiger partial charge in [0.2, 0.25) is 5.91 Å². The molecule has 0 rings (SSSR count). The Morgan fingerprint density at radius 1 is 1.43 bits per heavy atom. The van der Waals surface area contributed by atoms with Gasteiger partial charge in [0, 0.05) is 11.6 Å². The normalized spacial score (nSPS) is 14.4. The van der Waals surface area contributed by atoms with Crippen molar-refractivity contribution < 1.29 is 4.79 Å². The zero-order valence-electron chi connectivity index (χ0n) is 9.63. The van der Waals surface area contributed by atoms with E-state index in [9.17, 15) is 4.79 Å². The molecule has 0 aliphatic heterocycles. The monoisotopic (exact) mass is 195 g/mol. The fraction of sp³-hybridized carbons (Fsp3) is 0.583. The molecular formula is C12H21NO. The van der Waals surface area contributed by atoms with Gasteiger partial charge in [0.15, 0.2) is 0 Å². The van der Waals surface area contributed by atoms with Crippen molar-refractivity contribution >= 4 is 5.91 Å². The zero-order chi connectivity index (χ0) is 11.0. The molecule has 0 aromatic carbocycles. The zero-order valence-corrected chi connectivity index (χ0v) is 9.63. The maximum atomic E-state index is 11.6. The van der Waals surface area contributed by atoms with E-state index in [-0.39, 0.29) is 11.8 Å². The van der Waals surface area contributed by atoms with Gasteiger partial charge in [-0.15, -0.1) is 0 Å². The van der Waals surface area contributed by atoms with Crippen LogP contribution in [-0.2, 0) is 4.79 Å². The lowest BCUT2D eigenvalue weighted by atomic mass is 10.1. The lowest BCUT2D eigenvalue weighted by Gasteiger charge is -2.11. The molecule has 0 aliphatic rings. The molecule has 2 nitrogen and oxygen atoms in total. The Kier molecular flexibility index (Phi) is 6.81. The minimum atomic E-state index is 0.0974. The van der Waals surface area contributed by atoms with E-state index in [0.29, 0.717) is 0 Å². The first-order valence-electron chi connectivity index (χ1n) is 5.25. The topological polar surface area (TPSA) is 29.1 Å². The Bertz CT molecular complexity index is 228. The van der Waals surface area contributed by atoms with Crippen molar-refractivity contribution in [3.63, 3.8) is 0 Å². The van der Waals surface area contributed by atoms with Crippen molar-refractivity contribution in [3.8, 4) is 0 Å². The lowest BCUT2D eigenvalue weighted by molar-refractivity contribution is -0.123. The first kappa shape index (κ1) is 12.9. The number of carbonyl (C=O) groups excluding carboxylic acids is 1. The first-order chi connectivity index (χ1) is 6.65. The van der Waals surface area contributed by atoms with Crippen LogP contribution in [0.5, 0.6) is 0 Å². The van der Waals surface area contributed by atoms with Crippen molar-refractivity contribution in [1.29, 1.82) is 0 Å². The molecule has 0 heterocycles. The van der Waals surface area contributed by atoms with Crippen LogP contribution in [0.25, 0.3) is 0 Å². The summed E-state index contributed by atoms with van der Waals surface area (Å²) in [6.07, 6.45) is 7.70. The first-order valence-corrected chi connectivity index (χ1v) is 5.25. The Morgan fingerprint density at radius 3 is 2.50 bits per heavy atom. The average molecular weight is 195 g/mol. The number of rotatable bonds is 5. The minimum absolute atomic E-state index is 0.0974. The van der Waals surface area contributed by atoms with Crippen molar-refractivity contribution in [2.75, 3.05) is 0 Å². The highest BCUT2D eigenvalue weighted by Crippen LogP contribution is 2.06. The van der Waals surface area contributed by atoms with E-state index in [2.05, 4.69) is 12.2 Å². The fourth-order valence-corrected chi connectivity index (χ4v) is 1.22. The summed E-state index contributed by atoms with van der Waals surface area (Å²) in [5, 5.41) is 2.89. The molecule has 1 atom stereocenters. The number of hydrogen-bond donors (Lipinski definition) is 1. The standard InChI is InChI=1S/C12H21NO/c1-5-8-10(4)12(14)13-11(7-3)9-6-2/h6-7,9-10H,5,8H2,1-4H3,(H,13,14)/b9-6-,11-7+. The van der Waals surface area contributed by atoms with Crippen LogP contribution in [0.4, 0.5) is 0 Å². The van der Waals surface area contributed by atoms with Crippen molar-refractivity contribution in [2.45, 2.75) is 40.5 Å². The van der Waals surface area contributed by atoms with E-state index >= 15 is 0 Å². The highest BCUT2D eigenvalue weighted by Gasteiger charge is 2.11. The number of nitrogens with one attached hydrogen (secondary N) is 1. The van der Waals surface area contributed by atoms with E-state index in [4.69, 9.17) is 0 Å². The summed E-state index contributed by atoms with van der Waals surface area (Å²) in [6, 6.07) is 0. The maximum absolute atomic E-state index is 11.6. The quantitative estimate of drug-likeness (QED) is 0.671. The van der Waals surface area contributed by atoms with E-state index in [1.165, 1.54) is 0 Å². The second-order valence-electron chi connectivity index (χ2n) is 3.42. The minimum Gasteiger partial charge on any atom is -0.326 e. The summed E-state index contributed by atoms with van der Waals surface area (Å²) in [7, 11) is 0. The Morgan fingerprint density at radius 2 is 2.07 bits per heavy atom. The lowest BCUT2D eigenvalue weighted by Crippen LogP contribution is -2.27. The molecule has 0 aliphatic carbocycles. The molecule has 14 heavy (non-hydrogen) atoms. The summed E-state index contributed by atoms with van der Waals surface area (Å²) in [6.45, 7) is 7.90. The Balaban J connectivity index is 4.16. The summed E-state index contributed by atoms with van der Waals surface area (Å²) < 4.78 is 0. The molecule has 0 spiro atoms. The van der Waals surface area contributed by atoms with Crippen molar-refractivity contribution in [2.24, 2.45) is 5.92 Å². The molecule has 2 heteroatoms. The predicted octanol–water partition coefficient (Wildman–Crippen LogP) is 3.02. The highest BCUT2D eigenvalue weighted by molar-refractivity contribution is 5.80. The molecule has 0 saturated heterocycles. The molecule has 0 fully saturated rings. The van der Waals surface area contributed by atoms with Crippen LogP contribution in [0.3, 0.4) is 0 Å². The van der Waals surface area contributed by atoms with Crippen molar-refractivity contribution in [3.05, 3.63) is 23.9 Å². The van der Waals surface area contributed by atoms with Crippen LogP contribution in [0.1, 0.15) is 40.5 Å². The number of allylic oxidation sites excluding steroid dienone is 3. The van der Waals surface area contributed by atoms with Gasteiger partial charge in [-0.1, -0.05) is 32.4 Å². The third-order valence-corrected chi connectivity index (χ3v) is 2.09. The van der Waals surface area contributed by atoms with Crippen LogP contribution in [0.15, 0.2) is 23.9 Å². The van der Waals surface area contributed by atoms with Crippen LogP contribution in [0.2, 0.25) is 0 Å². The van der Waals surface area contributed by atoms with E-state index in [0.717, 1.165) is 18.5 Å². The average Bonchev–Trinajstić information content (AvgIpc) is 2.17. The van der Waals surface area contributed by atoms with Gasteiger partial charge >= 0.3 is 0 Å². The number of hydrogen-bond acceptors (Lipinski definition) is 1. The molecule has 0 bridgehead atoms. The van der Waals surface area contributed by atoms with Gasteiger partial charge in [-0.05, 0) is 26.3 Å². The van der Waals surface area contributed by atoms with Crippen LogP contribution in [0, 0.1) is 5.92 Å². The molecule has 0 radical (unpaired) electrons. The van der Waals surface area contributed by atoms with Gasteiger partial charge in [0.05, 0.1) is 0 Å². The fourth-order valence-electron chi connectivity index (χ4n) is 1.22. The van der Waals surface area contributed by atoms with Gasteiger partial charge in [0.1, 0.15) is 0 Å². The van der Waals surface area contributed by atoms with E-state index in [1.54, 1.807) is 0 Å². The Labute approximate surface area is 87.1 Å². The van der Waals surface area contributed by atoms with Gasteiger partial charge in [-0.3, -0.25) is 4.79 Å². The van der Waals surface area contributed by atoms with E-state index < -0.39 is 0 Å². The van der Waals surface area contributed by atoms with Crippen LogP contribution >= 0.6 is 0 Å². The van der Waals surface area contributed by atoms with Gasteiger partial charge in [0.25, 0.3) is 0 Å². The second kappa shape index (κ2) is 7.36. The molecule has 0 aromatic rings. The third-order valence-electron chi connectivity index (χ3n) is 2.09. The van der Waals surface area contributed by atoms with Gasteiger partial charge in [-0.25, -0.2) is 0 Å². The summed E-state index contributed by atoms with van der Waals surface area (Å²) in [5.74, 6) is 0.207. The van der Waals surface area contributed by atoms with Crippen molar-refractivity contribution in [1.82, 2.24) is 5.32 Å². The van der Waals surface area contributed by atoms with Crippen LogP contribution < -0.4 is 5.32 Å². The summed E-state index contributed by atoms with van der Waals surface area (Å²) >= 11 is 0. The van der Waals surface area contributed by atoms with Crippen LogP contribution in [-0.4, -0.2) is 5.91 Å². The summed E-state index contributed by atoms with van der Waals surface area (Å²) in [5.41, 5.74) is 0.875. The van der Waals surface area contributed by atoms with Gasteiger partial charge < -0.3 is 5.32 Å². The molecule has 80 valence electrons. The van der Waals surface area contributed by atoms with E-state index in [1.807, 2.05) is 39.0 Å². The molecule has 1 amide bonds. The van der Waals surface area contributed by atoms with Gasteiger partial charge in [-0.2, -0.15) is 0 Å². The number of carbonyl (C=O) groups is 1.